The van der Waals surface area contributed by atoms with Crippen LogP contribution >= 0.6 is 0 Å². The van der Waals surface area contributed by atoms with Gasteiger partial charge in [-0.05, 0) is 82.1 Å². The van der Waals surface area contributed by atoms with Gasteiger partial charge in [0, 0.05) is 43.9 Å². The maximum Gasteiger partial charge on any atom is 0.238 e. The Balaban J connectivity index is 0.934. The van der Waals surface area contributed by atoms with Crippen LogP contribution in [0.2, 0.25) is 0 Å². The average Bonchev–Trinajstić information content (AvgIpc) is 4.23. The summed E-state index contributed by atoms with van der Waals surface area (Å²) in [6.45, 7) is 0. The SMILES string of the molecule is c1ccc(-c2nc(-c3ccccc3)nc(-n3c4ccc(-c5ccc6c(c5)c5ccccc5n6-c5nc(-c6ccccc6)c6c(cc(-c7ccccc7)n6-c6ccccc6)n5)cc4c4c5ccccc5ccc43)n2)cc1. The van der Waals surface area contributed by atoms with Crippen molar-refractivity contribution in [2.24, 2.45) is 0 Å². The van der Waals surface area contributed by atoms with Crippen LogP contribution in [-0.4, -0.2) is 38.6 Å². The Kier molecular flexibility index (Phi) is 9.71. The molecule has 0 atom stereocenters. The molecule has 0 N–H and O–H groups in total. The van der Waals surface area contributed by atoms with Crippen molar-refractivity contribution in [1.29, 1.82) is 0 Å². The molecule has 0 radical (unpaired) electrons. The van der Waals surface area contributed by atoms with Gasteiger partial charge >= 0.3 is 0 Å². The standard InChI is InChI=1S/C67H42N8/c1-6-21-44(22-7-1)60-42-55-63(73(60)50-29-14-5-15-30-50)62(45-23-8-2-9-24-45)69-66(68-55)74-56-33-19-18-32-52(56)53-40-48(35-37-57(53)74)49-36-38-58-54(41-49)61-51-31-17-16-20-43(51)34-39-59(61)75(58)67-71-64(46-25-10-3-11-26-46)70-65(72-67)47-27-12-4-13-28-47/h1-42H. The zero-order valence-electron chi connectivity index (χ0n) is 40.3. The number of fused-ring (bicyclic) bond motifs is 9. The van der Waals surface area contributed by atoms with Gasteiger partial charge in [-0.25, -0.2) is 15.0 Å². The number of hydrogen-bond donors (Lipinski definition) is 0. The molecule has 0 bridgehead atoms. The maximum atomic E-state index is 5.56. The minimum atomic E-state index is 0.559. The first-order valence-corrected chi connectivity index (χ1v) is 25.2. The van der Waals surface area contributed by atoms with Crippen LogP contribution < -0.4 is 0 Å². The average molecular weight is 959 g/mol. The molecule has 8 heteroatoms. The van der Waals surface area contributed by atoms with Gasteiger partial charge in [0.05, 0.1) is 38.8 Å². The van der Waals surface area contributed by atoms with Crippen LogP contribution in [0.25, 0.3) is 139 Å². The first-order valence-electron chi connectivity index (χ1n) is 25.2. The van der Waals surface area contributed by atoms with E-state index in [4.69, 9.17) is 24.9 Å². The summed E-state index contributed by atoms with van der Waals surface area (Å²) in [4.78, 5) is 26.5. The molecule has 5 heterocycles. The molecule has 0 saturated carbocycles. The van der Waals surface area contributed by atoms with Gasteiger partial charge in [0.2, 0.25) is 11.9 Å². The van der Waals surface area contributed by atoms with E-state index in [1.807, 2.05) is 60.7 Å². The van der Waals surface area contributed by atoms with E-state index in [1.54, 1.807) is 0 Å². The van der Waals surface area contributed by atoms with Crippen LogP contribution in [0.1, 0.15) is 0 Å². The fourth-order valence-electron chi connectivity index (χ4n) is 11.1. The summed E-state index contributed by atoms with van der Waals surface area (Å²) in [6, 6.07) is 89.2. The summed E-state index contributed by atoms with van der Waals surface area (Å²) in [5.41, 5.74) is 15.0. The topological polar surface area (TPSA) is 79.2 Å². The Morgan fingerprint density at radius 1 is 0.280 bits per heavy atom. The van der Waals surface area contributed by atoms with E-state index in [-0.39, 0.29) is 0 Å². The smallest absolute Gasteiger partial charge is 0.238 e. The van der Waals surface area contributed by atoms with E-state index < -0.39 is 0 Å². The van der Waals surface area contributed by atoms with Gasteiger partial charge in [-0.3, -0.25) is 9.13 Å². The molecular weight excluding hydrogens is 917 g/mol. The molecule has 350 valence electrons. The largest absolute Gasteiger partial charge is 0.306 e. The first-order chi connectivity index (χ1) is 37.2. The Morgan fingerprint density at radius 3 is 1.44 bits per heavy atom. The number of aromatic nitrogens is 8. The molecule has 0 spiro atoms. The van der Waals surface area contributed by atoms with Crippen molar-refractivity contribution in [2.45, 2.75) is 0 Å². The van der Waals surface area contributed by atoms with E-state index in [0.29, 0.717) is 23.5 Å². The second-order valence-corrected chi connectivity index (χ2v) is 18.9. The molecular formula is C67H42N8. The van der Waals surface area contributed by atoms with Crippen LogP contribution in [0, 0.1) is 0 Å². The molecule has 75 heavy (non-hydrogen) atoms. The summed E-state index contributed by atoms with van der Waals surface area (Å²) in [5, 5.41) is 6.81. The third-order valence-corrected chi connectivity index (χ3v) is 14.5. The molecule has 5 aromatic heterocycles. The summed E-state index contributed by atoms with van der Waals surface area (Å²) in [5.74, 6) is 2.39. The molecule has 15 rings (SSSR count). The highest BCUT2D eigenvalue weighted by Crippen LogP contribution is 2.42. The van der Waals surface area contributed by atoms with Crippen LogP contribution in [-0.2, 0) is 0 Å². The zero-order valence-corrected chi connectivity index (χ0v) is 40.3. The van der Waals surface area contributed by atoms with Crippen molar-refractivity contribution in [3.8, 4) is 74.0 Å². The van der Waals surface area contributed by atoms with E-state index >= 15 is 0 Å². The predicted octanol–water partition coefficient (Wildman–Crippen LogP) is 16.3. The normalized spacial score (nSPS) is 11.7. The van der Waals surface area contributed by atoms with Crippen LogP contribution in [0.15, 0.2) is 255 Å². The minimum Gasteiger partial charge on any atom is -0.306 e. The van der Waals surface area contributed by atoms with E-state index in [9.17, 15) is 0 Å². The fourth-order valence-corrected chi connectivity index (χ4v) is 11.1. The lowest BCUT2D eigenvalue weighted by Gasteiger charge is -2.15. The van der Waals surface area contributed by atoms with Crippen LogP contribution in [0.3, 0.4) is 0 Å². The van der Waals surface area contributed by atoms with Crippen molar-refractivity contribution >= 4 is 65.4 Å². The Labute approximate surface area is 430 Å². The van der Waals surface area contributed by atoms with Gasteiger partial charge in [-0.2, -0.15) is 9.97 Å². The highest BCUT2D eigenvalue weighted by molar-refractivity contribution is 6.22. The highest BCUT2D eigenvalue weighted by atomic mass is 15.2. The lowest BCUT2D eigenvalue weighted by atomic mass is 9.99. The lowest BCUT2D eigenvalue weighted by molar-refractivity contribution is 0.953. The quantitative estimate of drug-likeness (QED) is 0.152. The summed E-state index contributed by atoms with van der Waals surface area (Å²) < 4.78 is 6.74. The monoisotopic (exact) mass is 958 g/mol. The number of para-hydroxylation sites is 2. The highest BCUT2D eigenvalue weighted by Gasteiger charge is 2.24. The van der Waals surface area contributed by atoms with Crippen molar-refractivity contribution < 1.29 is 0 Å². The molecule has 0 amide bonds. The molecule has 0 aliphatic carbocycles. The molecule has 15 aromatic rings. The van der Waals surface area contributed by atoms with Crippen molar-refractivity contribution in [3.63, 3.8) is 0 Å². The Bertz CT molecular complexity index is 4620. The lowest BCUT2D eigenvalue weighted by Crippen LogP contribution is -2.06. The van der Waals surface area contributed by atoms with Gasteiger partial charge in [0.25, 0.3) is 0 Å². The molecule has 0 fully saturated rings. The van der Waals surface area contributed by atoms with Crippen LogP contribution in [0.4, 0.5) is 0 Å². The van der Waals surface area contributed by atoms with Crippen molar-refractivity contribution in [1.82, 2.24) is 38.6 Å². The number of rotatable bonds is 8. The first kappa shape index (κ1) is 42.4. The van der Waals surface area contributed by atoms with Crippen molar-refractivity contribution in [3.05, 3.63) is 255 Å². The molecule has 8 nitrogen and oxygen atoms in total. The third-order valence-electron chi connectivity index (χ3n) is 14.5. The minimum absolute atomic E-state index is 0.559. The summed E-state index contributed by atoms with van der Waals surface area (Å²) in [7, 11) is 0. The van der Waals surface area contributed by atoms with Gasteiger partial charge in [-0.15, -0.1) is 0 Å². The number of hydrogen-bond acceptors (Lipinski definition) is 5. The Morgan fingerprint density at radius 2 is 0.773 bits per heavy atom. The van der Waals surface area contributed by atoms with E-state index in [0.717, 1.165) is 116 Å². The van der Waals surface area contributed by atoms with E-state index in [2.05, 4.69) is 208 Å². The summed E-state index contributed by atoms with van der Waals surface area (Å²) >= 11 is 0. The molecule has 10 aromatic carbocycles. The molecule has 0 aliphatic heterocycles. The van der Waals surface area contributed by atoms with Gasteiger partial charge < -0.3 is 4.57 Å². The van der Waals surface area contributed by atoms with Gasteiger partial charge in [-0.1, -0.05) is 200 Å². The second kappa shape index (κ2) is 17.2. The number of benzene rings is 10. The van der Waals surface area contributed by atoms with Crippen LogP contribution in [0.5, 0.6) is 0 Å². The van der Waals surface area contributed by atoms with Gasteiger partial charge in [0.15, 0.2) is 11.6 Å². The third kappa shape index (κ3) is 6.95. The number of nitrogens with zero attached hydrogens (tertiary/aromatic N) is 8. The van der Waals surface area contributed by atoms with Gasteiger partial charge in [0.1, 0.15) is 5.69 Å². The predicted molar refractivity (Wildman–Crippen MR) is 306 cm³/mol. The second-order valence-electron chi connectivity index (χ2n) is 18.9. The molecule has 0 saturated heterocycles. The Hall–Kier alpha value is -10.3. The summed E-state index contributed by atoms with van der Waals surface area (Å²) in [6.07, 6.45) is 0. The van der Waals surface area contributed by atoms with Crippen molar-refractivity contribution in [2.75, 3.05) is 0 Å². The zero-order chi connectivity index (χ0) is 49.4. The molecule has 0 unspecified atom stereocenters. The van der Waals surface area contributed by atoms with E-state index in [1.165, 1.54) is 0 Å². The fraction of sp³-hybridized carbons (Fsp3) is 0. The molecule has 0 aliphatic rings. The maximum absolute atomic E-state index is 5.56.